The second-order valence-electron chi connectivity index (χ2n) is 11.0. The second-order valence-corrected chi connectivity index (χ2v) is 11.4. The zero-order chi connectivity index (χ0) is 30.6. The number of amides is 1. The molecule has 0 N–H and O–H groups in total. The zero-order valence-electron chi connectivity index (χ0n) is 24.4. The van der Waals surface area contributed by atoms with Gasteiger partial charge in [0.15, 0.2) is 0 Å². The van der Waals surface area contributed by atoms with Gasteiger partial charge in [-0.15, -0.1) is 0 Å². The van der Waals surface area contributed by atoms with E-state index in [0.29, 0.717) is 70.3 Å². The molecule has 0 bridgehead atoms. The number of benzene rings is 2. The smallest absolute Gasteiger partial charge is 0.433 e. The number of anilines is 2. The van der Waals surface area contributed by atoms with Crippen LogP contribution in [0.2, 0.25) is 5.02 Å². The van der Waals surface area contributed by atoms with E-state index in [-0.39, 0.29) is 11.7 Å². The molecular weight excluding hydrogens is 583 g/mol. The van der Waals surface area contributed by atoms with Gasteiger partial charge in [-0.2, -0.15) is 18.3 Å². The number of piperidine rings is 1. The molecule has 2 aliphatic heterocycles. The first-order valence-corrected chi connectivity index (χ1v) is 15.0. The number of alkyl halides is 3. The Kier molecular flexibility index (Phi) is 9.71. The molecular formula is C31H37ClF3N5O3. The first-order chi connectivity index (χ1) is 20.7. The fourth-order valence-electron chi connectivity index (χ4n) is 5.92. The van der Waals surface area contributed by atoms with E-state index in [1.165, 1.54) is 13.1 Å². The van der Waals surface area contributed by atoms with Gasteiger partial charge in [0.05, 0.1) is 18.8 Å². The molecule has 1 atom stereocenters. The maximum Gasteiger partial charge on any atom is 0.433 e. The highest BCUT2D eigenvalue weighted by Gasteiger charge is 2.39. The normalized spacial score (nSPS) is 17.8. The van der Waals surface area contributed by atoms with Crippen molar-refractivity contribution in [2.45, 2.75) is 38.4 Å². The number of aromatic nitrogens is 2. The number of methoxy groups -OCH3 is 1. The molecule has 3 heterocycles. The van der Waals surface area contributed by atoms with Gasteiger partial charge in [-0.05, 0) is 55.2 Å². The van der Waals surface area contributed by atoms with Crippen molar-refractivity contribution < 1.29 is 27.4 Å². The average molecular weight is 620 g/mol. The summed E-state index contributed by atoms with van der Waals surface area (Å²) in [5, 5.41) is 4.69. The molecule has 12 heteroatoms. The minimum absolute atomic E-state index is 0.132. The van der Waals surface area contributed by atoms with Crippen molar-refractivity contribution in [1.82, 2.24) is 14.7 Å². The first kappa shape index (κ1) is 31.0. The molecule has 0 aliphatic carbocycles. The van der Waals surface area contributed by atoms with Gasteiger partial charge in [0, 0.05) is 81.4 Å². The van der Waals surface area contributed by atoms with Crippen molar-refractivity contribution in [3.8, 4) is 11.1 Å². The van der Waals surface area contributed by atoms with Crippen LogP contribution < -0.4 is 9.80 Å². The summed E-state index contributed by atoms with van der Waals surface area (Å²) in [7, 11) is 1.62. The Hall–Kier alpha value is -3.44. The van der Waals surface area contributed by atoms with Crippen molar-refractivity contribution in [1.29, 1.82) is 0 Å². The standard InChI is InChI=1S/C31H37ClF3N5O3/c1-22-20-36-40(29(22)31(33,34)35)26-5-3-12-39(21-26)28-19-24(32)8-11-27(28)23-6-9-25(10-7-23)37-13-15-38(16-14-37)30(41)43-18-4-17-42-2/h6-11,19-20,26H,3-5,12-18,21H2,1-2H3. The topological polar surface area (TPSA) is 63.1 Å². The van der Waals surface area contributed by atoms with Gasteiger partial charge >= 0.3 is 12.3 Å². The highest BCUT2D eigenvalue weighted by molar-refractivity contribution is 6.31. The van der Waals surface area contributed by atoms with Crippen LogP contribution in [0.5, 0.6) is 0 Å². The summed E-state index contributed by atoms with van der Waals surface area (Å²) in [6.07, 6.45) is -1.44. The Labute approximate surface area is 254 Å². The highest BCUT2D eigenvalue weighted by Crippen LogP contribution is 2.39. The summed E-state index contributed by atoms with van der Waals surface area (Å²) in [4.78, 5) is 18.4. The molecule has 1 unspecified atom stereocenters. The number of rotatable bonds is 8. The minimum Gasteiger partial charge on any atom is -0.449 e. The van der Waals surface area contributed by atoms with Crippen LogP contribution in [0.15, 0.2) is 48.7 Å². The predicted molar refractivity (Wildman–Crippen MR) is 161 cm³/mol. The van der Waals surface area contributed by atoms with E-state index in [1.54, 1.807) is 12.0 Å². The van der Waals surface area contributed by atoms with Gasteiger partial charge < -0.3 is 24.2 Å². The van der Waals surface area contributed by atoms with Crippen LogP contribution in [0.1, 0.15) is 36.6 Å². The van der Waals surface area contributed by atoms with Gasteiger partial charge in [0.1, 0.15) is 5.69 Å². The van der Waals surface area contributed by atoms with Crippen molar-refractivity contribution in [2.24, 2.45) is 0 Å². The number of carbonyl (C=O) groups excluding carboxylic acids is 1. The Morgan fingerprint density at radius 3 is 2.47 bits per heavy atom. The van der Waals surface area contributed by atoms with Gasteiger partial charge in [-0.3, -0.25) is 4.68 Å². The third-order valence-electron chi connectivity index (χ3n) is 8.09. The number of carbonyl (C=O) groups is 1. The largest absolute Gasteiger partial charge is 0.449 e. The van der Waals surface area contributed by atoms with Crippen molar-refractivity contribution >= 4 is 29.1 Å². The molecule has 2 saturated heterocycles. The van der Waals surface area contributed by atoms with Crippen LogP contribution in [0.4, 0.5) is 29.3 Å². The zero-order valence-corrected chi connectivity index (χ0v) is 25.2. The molecule has 0 radical (unpaired) electrons. The van der Waals surface area contributed by atoms with E-state index in [2.05, 4.69) is 39.2 Å². The average Bonchev–Trinajstić information content (AvgIpc) is 3.41. The lowest BCUT2D eigenvalue weighted by Crippen LogP contribution is -2.49. The summed E-state index contributed by atoms with van der Waals surface area (Å²) in [6, 6.07) is 13.5. The van der Waals surface area contributed by atoms with E-state index in [0.717, 1.165) is 33.6 Å². The Bertz CT molecular complexity index is 1390. The number of hydrogen-bond acceptors (Lipinski definition) is 6. The van der Waals surface area contributed by atoms with Gasteiger partial charge in [-0.1, -0.05) is 29.8 Å². The molecule has 2 aliphatic rings. The number of piperazine rings is 1. The number of aryl methyl sites for hydroxylation is 1. The fourth-order valence-corrected chi connectivity index (χ4v) is 6.08. The number of ether oxygens (including phenoxy) is 2. The molecule has 1 aromatic heterocycles. The monoisotopic (exact) mass is 619 g/mol. The molecule has 232 valence electrons. The fraction of sp³-hybridized carbons (Fsp3) is 0.484. The van der Waals surface area contributed by atoms with E-state index < -0.39 is 17.9 Å². The van der Waals surface area contributed by atoms with E-state index in [4.69, 9.17) is 21.1 Å². The van der Waals surface area contributed by atoms with E-state index in [9.17, 15) is 18.0 Å². The maximum absolute atomic E-state index is 13.8. The molecule has 1 amide bonds. The van der Waals surface area contributed by atoms with Crippen LogP contribution in [0.3, 0.4) is 0 Å². The minimum atomic E-state index is -4.47. The molecule has 0 spiro atoms. The van der Waals surface area contributed by atoms with Crippen molar-refractivity contribution in [3.05, 3.63) is 64.9 Å². The summed E-state index contributed by atoms with van der Waals surface area (Å²) < 4.78 is 52.9. The van der Waals surface area contributed by atoms with Gasteiger partial charge in [-0.25, -0.2) is 4.79 Å². The Morgan fingerprint density at radius 1 is 1.02 bits per heavy atom. The van der Waals surface area contributed by atoms with E-state index >= 15 is 0 Å². The third kappa shape index (κ3) is 7.21. The lowest BCUT2D eigenvalue weighted by atomic mass is 9.99. The summed E-state index contributed by atoms with van der Waals surface area (Å²) >= 11 is 6.43. The van der Waals surface area contributed by atoms with Gasteiger partial charge in [0.2, 0.25) is 0 Å². The quantitative estimate of drug-likeness (QED) is 0.263. The third-order valence-corrected chi connectivity index (χ3v) is 8.32. The Balaban J connectivity index is 1.28. The van der Waals surface area contributed by atoms with Crippen LogP contribution in [-0.2, 0) is 15.7 Å². The van der Waals surface area contributed by atoms with Gasteiger partial charge in [0.25, 0.3) is 0 Å². The van der Waals surface area contributed by atoms with Crippen LogP contribution in [-0.4, -0.2) is 80.4 Å². The second kappa shape index (κ2) is 13.5. The number of nitrogens with zero attached hydrogens (tertiary/aromatic N) is 5. The SMILES string of the molecule is COCCCOC(=O)N1CCN(c2ccc(-c3ccc(Cl)cc3N3CCCC(n4ncc(C)c4C(F)(F)F)C3)cc2)CC1. The molecule has 3 aromatic rings. The van der Waals surface area contributed by atoms with Crippen LogP contribution in [0, 0.1) is 6.92 Å². The first-order valence-electron chi connectivity index (χ1n) is 14.6. The molecule has 2 fully saturated rings. The summed E-state index contributed by atoms with van der Waals surface area (Å²) in [6.45, 7) is 6.00. The predicted octanol–water partition coefficient (Wildman–Crippen LogP) is 6.67. The highest BCUT2D eigenvalue weighted by atomic mass is 35.5. The summed E-state index contributed by atoms with van der Waals surface area (Å²) in [5.74, 6) is 0. The molecule has 0 saturated carbocycles. The number of halogens is 4. The van der Waals surface area contributed by atoms with E-state index in [1.807, 2.05) is 18.2 Å². The molecule has 2 aromatic carbocycles. The van der Waals surface area contributed by atoms with Crippen molar-refractivity contribution in [3.63, 3.8) is 0 Å². The lowest BCUT2D eigenvalue weighted by molar-refractivity contribution is -0.145. The van der Waals surface area contributed by atoms with Crippen LogP contribution in [0.25, 0.3) is 11.1 Å². The van der Waals surface area contributed by atoms with Crippen molar-refractivity contribution in [2.75, 3.05) is 69.4 Å². The summed E-state index contributed by atoms with van der Waals surface area (Å²) in [5.41, 5.74) is 3.35. The lowest BCUT2D eigenvalue weighted by Gasteiger charge is -2.37. The number of hydrogen-bond donors (Lipinski definition) is 0. The molecule has 5 rings (SSSR count). The maximum atomic E-state index is 13.8. The molecule has 43 heavy (non-hydrogen) atoms. The molecule has 8 nitrogen and oxygen atoms in total. The Morgan fingerprint density at radius 2 is 1.77 bits per heavy atom. The van der Waals surface area contributed by atoms with Crippen LogP contribution >= 0.6 is 11.6 Å².